The van der Waals surface area contributed by atoms with Crippen LogP contribution in [0.5, 0.6) is 5.75 Å². The fourth-order valence-corrected chi connectivity index (χ4v) is 5.49. The number of esters is 1. The summed E-state index contributed by atoms with van der Waals surface area (Å²) >= 11 is 5.90. The SMILES string of the molecule is COC[C@H](C)OC(=O)[C@H](C)NP(=O)(OC[C@H]1O[C@@H](N2CCC(=O)NC2=O)[C@@](F)(Cl)[C@@H]1O)Oc1ccccc1. The largest absolute Gasteiger partial charge is 0.459 e. The van der Waals surface area contributed by atoms with Crippen molar-refractivity contribution in [1.82, 2.24) is 15.3 Å². The van der Waals surface area contributed by atoms with Crippen molar-refractivity contribution in [2.45, 2.75) is 56.0 Å². The molecule has 3 amide bonds. The van der Waals surface area contributed by atoms with E-state index >= 15 is 4.39 Å². The Bertz CT molecular complexity index is 1050. The maximum Gasteiger partial charge on any atom is 0.459 e. The molecule has 212 valence electrons. The van der Waals surface area contributed by atoms with Crippen molar-refractivity contribution in [2.75, 3.05) is 26.9 Å². The average Bonchev–Trinajstić information content (AvgIpc) is 3.07. The van der Waals surface area contributed by atoms with E-state index in [4.69, 9.17) is 34.9 Å². The Morgan fingerprint density at radius 1 is 1.37 bits per heavy atom. The molecule has 0 saturated carbocycles. The molecule has 1 unspecified atom stereocenters. The summed E-state index contributed by atoms with van der Waals surface area (Å²) in [4.78, 5) is 36.9. The third kappa shape index (κ3) is 7.41. The molecule has 2 heterocycles. The van der Waals surface area contributed by atoms with Crippen LogP contribution in [-0.4, -0.2) is 90.5 Å². The monoisotopic (exact) mass is 581 g/mol. The molecule has 0 radical (unpaired) electrons. The van der Waals surface area contributed by atoms with Crippen LogP contribution >= 0.6 is 19.3 Å². The molecule has 0 spiro atoms. The van der Waals surface area contributed by atoms with E-state index in [0.29, 0.717) is 0 Å². The number of benzene rings is 1. The number of hydrogen-bond donors (Lipinski definition) is 3. The summed E-state index contributed by atoms with van der Waals surface area (Å²) in [5.74, 6) is -1.21. The lowest BCUT2D eigenvalue weighted by Crippen LogP contribution is -2.58. The number of ether oxygens (including phenoxy) is 3. The van der Waals surface area contributed by atoms with Gasteiger partial charge in [-0.25, -0.2) is 13.8 Å². The summed E-state index contributed by atoms with van der Waals surface area (Å²) in [7, 11) is -2.94. The Morgan fingerprint density at radius 2 is 2.05 bits per heavy atom. The molecule has 16 heteroatoms. The van der Waals surface area contributed by atoms with Crippen LogP contribution in [0.15, 0.2) is 30.3 Å². The van der Waals surface area contributed by atoms with E-state index in [9.17, 15) is 24.1 Å². The van der Waals surface area contributed by atoms with Crippen LogP contribution in [0.2, 0.25) is 0 Å². The predicted octanol–water partition coefficient (Wildman–Crippen LogP) is 1.68. The second-order valence-electron chi connectivity index (χ2n) is 8.69. The number of rotatable bonds is 12. The fourth-order valence-electron chi connectivity index (χ4n) is 3.68. The van der Waals surface area contributed by atoms with Crippen molar-refractivity contribution < 1.29 is 51.7 Å². The zero-order valence-electron chi connectivity index (χ0n) is 20.9. The summed E-state index contributed by atoms with van der Waals surface area (Å²) in [6.07, 6.45) is -6.03. The highest BCUT2D eigenvalue weighted by molar-refractivity contribution is 7.52. The minimum atomic E-state index is -4.38. The van der Waals surface area contributed by atoms with Gasteiger partial charge in [0.15, 0.2) is 6.23 Å². The number of carbonyl (C=O) groups excluding carboxylic acids is 3. The van der Waals surface area contributed by atoms with E-state index in [1.54, 1.807) is 25.1 Å². The molecule has 2 saturated heterocycles. The molecule has 3 rings (SSSR count). The maximum atomic E-state index is 15.3. The normalized spacial score (nSPS) is 28.8. The number of aliphatic hydroxyl groups is 1. The van der Waals surface area contributed by atoms with Crippen LogP contribution in [0.3, 0.4) is 0 Å². The standard InChI is InChI=1S/C22H30ClFN3O10P/c1-13(11-33-3)35-19(30)14(2)26-38(32,37-15-7-5-4-6-8-15)34-12-16-18(29)22(23,24)20(36-16)27-10-9-17(28)25-21(27)31/h4-8,13-14,16,18,20,29H,9-12H2,1-3H3,(H,26,32)(H,25,28,31)/t13-,14-,16+,18+,20+,22+,38?/m0/s1. The van der Waals surface area contributed by atoms with Crippen molar-refractivity contribution in [3.05, 3.63) is 30.3 Å². The molecule has 3 N–H and O–H groups in total. The van der Waals surface area contributed by atoms with E-state index in [1.165, 1.54) is 26.2 Å². The highest BCUT2D eigenvalue weighted by Gasteiger charge is 2.60. The number of amides is 3. The first-order chi connectivity index (χ1) is 17.9. The fraction of sp³-hybridized carbons (Fsp3) is 0.591. The van der Waals surface area contributed by atoms with Gasteiger partial charge in [0, 0.05) is 20.1 Å². The van der Waals surface area contributed by atoms with E-state index in [1.807, 2.05) is 5.32 Å². The van der Waals surface area contributed by atoms with Gasteiger partial charge in [0.1, 0.15) is 30.1 Å². The molecule has 0 aromatic heterocycles. The van der Waals surface area contributed by atoms with Gasteiger partial charge in [-0.1, -0.05) is 29.8 Å². The third-order valence-corrected chi connectivity index (χ3v) is 7.61. The van der Waals surface area contributed by atoms with Crippen LogP contribution in [0.4, 0.5) is 9.18 Å². The van der Waals surface area contributed by atoms with E-state index in [-0.39, 0.29) is 25.3 Å². The molecular weight excluding hydrogens is 552 g/mol. The molecule has 0 bridgehead atoms. The van der Waals surface area contributed by atoms with E-state index < -0.39 is 68.0 Å². The molecule has 2 aliphatic heterocycles. The second-order valence-corrected chi connectivity index (χ2v) is 11.0. The molecular formula is C22H30ClFN3O10P. The Morgan fingerprint density at radius 3 is 2.68 bits per heavy atom. The van der Waals surface area contributed by atoms with Crippen LogP contribution < -0.4 is 14.9 Å². The zero-order valence-corrected chi connectivity index (χ0v) is 22.5. The number of hydrogen-bond acceptors (Lipinski definition) is 10. The smallest absolute Gasteiger partial charge is 0.459 e. The maximum absolute atomic E-state index is 15.3. The Hall–Kier alpha value is -2.32. The first-order valence-electron chi connectivity index (χ1n) is 11.6. The van der Waals surface area contributed by atoms with Gasteiger partial charge in [-0.15, -0.1) is 0 Å². The number of imide groups is 1. The zero-order chi connectivity index (χ0) is 28.1. The van der Waals surface area contributed by atoms with Gasteiger partial charge in [0.2, 0.25) is 5.91 Å². The lowest BCUT2D eigenvalue weighted by molar-refractivity contribution is -0.152. The molecule has 2 fully saturated rings. The summed E-state index contributed by atoms with van der Waals surface area (Å²) in [6, 6.07) is 5.75. The average molecular weight is 582 g/mol. The molecule has 2 aliphatic rings. The Kier molecular flexibility index (Phi) is 10.1. The number of methoxy groups -OCH3 is 1. The minimum Gasteiger partial charge on any atom is -0.459 e. The molecule has 13 nitrogen and oxygen atoms in total. The van der Waals surface area contributed by atoms with Gasteiger partial charge in [-0.05, 0) is 26.0 Å². The molecule has 7 atom stereocenters. The minimum absolute atomic E-state index is 0.120. The topological polar surface area (TPSA) is 162 Å². The Labute approximate surface area is 223 Å². The highest BCUT2D eigenvalue weighted by atomic mass is 35.5. The van der Waals surface area contributed by atoms with Crippen molar-refractivity contribution in [3.8, 4) is 5.75 Å². The van der Waals surface area contributed by atoms with Gasteiger partial charge in [0.25, 0.3) is 5.13 Å². The predicted molar refractivity (Wildman–Crippen MR) is 130 cm³/mol. The first kappa shape index (κ1) is 30.2. The van der Waals surface area contributed by atoms with E-state index in [2.05, 4.69) is 5.09 Å². The second kappa shape index (κ2) is 12.7. The van der Waals surface area contributed by atoms with Crippen LogP contribution in [-0.2, 0) is 32.9 Å². The van der Waals surface area contributed by atoms with Crippen LogP contribution in [0, 0.1) is 0 Å². The van der Waals surface area contributed by atoms with Gasteiger partial charge < -0.3 is 23.8 Å². The number of para-hydroxylation sites is 1. The van der Waals surface area contributed by atoms with Crippen LogP contribution in [0.1, 0.15) is 20.3 Å². The van der Waals surface area contributed by atoms with Gasteiger partial charge in [0.05, 0.1) is 13.2 Å². The van der Waals surface area contributed by atoms with Gasteiger partial charge in [-0.2, -0.15) is 5.09 Å². The number of nitrogens with zero attached hydrogens (tertiary/aromatic N) is 1. The first-order valence-corrected chi connectivity index (χ1v) is 13.6. The van der Waals surface area contributed by atoms with E-state index in [0.717, 1.165) is 4.90 Å². The summed E-state index contributed by atoms with van der Waals surface area (Å²) in [5, 5.41) is 12.0. The van der Waals surface area contributed by atoms with Gasteiger partial charge >= 0.3 is 19.7 Å². The number of urea groups is 1. The third-order valence-electron chi connectivity index (χ3n) is 5.55. The molecule has 38 heavy (non-hydrogen) atoms. The van der Waals surface area contributed by atoms with Crippen molar-refractivity contribution in [3.63, 3.8) is 0 Å². The highest BCUT2D eigenvalue weighted by Crippen LogP contribution is 2.47. The molecule has 1 aromatic carbocycles. The number of alkyl halides is 2. The summed E-state index contributed by atoms with van der Waals surface area (Å²) in [5.41, 5.74) is 0. The summed E-state index contributed by atoms with van der Waals surface area (Å²) in [6.45, 7) is 2.19. The van der Waals surface area contributed by atoms with Crippen molar-refractivity contribution in [1.29, 1.82) is 0 Å². The molecule has 0 aliphatic carbocycles. The number of carbonyl (C=O) groups is 3. The molecule has 1 aromatic rings. The quantitative estimate of drug-likeness (QED) is 0.187. The number of nitrogens with one attached hydrogen (secondary N) is 2. The van der Waals surface area contributed by atoms with Crippen molar-refractivity contribution >= 4 is 37.3 Å². The van der Waals surface area contributed by atoms with Gasteiger partial charge in [-0.3, -0.25) is 24.3 Å². The van der Waals surface area contributed by atoms with Crippen LogP contribution in [0.25, 0.3) is 0 Å². The Balaban J connectivity index is 1.73. The summed E-state index contributed by atoms with van der Waals surface area (Å²) < 4.78 is 55.5. The lowest BCUT2D eigenvalue weighted by atomic mass is 10.1. The van der Waals surface area contributed by atoms with Crippen molar-refractivity contribution in [2.24, 2.45) is 0 Å². The lowest BCUT2D eigenvalue weighted by Gasteiger charge is -2.34. The number of halogens is 2. The number of aliphatic hydroxyl groups excluding tert-OH is 1.